The van der Waals surface area contributed by atoms with Crippen molar-refractivity contribution in [2.75, 3.05) is 39.3 Å². The van der Waals surface area contributed by atoms with Crippen molar-refractivity contribution in [2.24, 2.45) is 0 Å². The highest BCUT2D eigenvalue weighted by Gasteiger charge is 2.33. The number of benzene rings is 1. The highest BCUT2D eigenvalue weighted by atomic mass is 16.1. The molecule has 4 nitrogen and oxygen atoms in total. The Bertz CT molecular complexity index is 609. The van der Waals surface area contributed by atoms with Gasteiger partial charge in [0.05, 0.1) is 26.2 Å². The molecule has 2 fully saturated rings. The van der Waals surface area contributed by atoms with E-state index < -0.39 is 0 Å². The molecule has 4 heteroatoms. The van der Waals surface area contributed by atoms with Crippen LogP contribution in [0.1, 0.15) is 63.5 Å². The van der Waals surface area contributed by atoms with Crippen LogP contribution in [0.15, 0.2) is 24.3 Å². The van der Waals surface area contributed by atoms with Gasteiger partial charge in [-0.05, 0) is 38.5 Å². The van der Waals surface area contributed by atoms with Crippen LogP contribution in [0, 0.1) is 0 Å². The summed E-state index contributed by atoms with van der Waals surface area (Å²) in [6.07, 6.45) is 7.53. The third-order valence-electron chi connectivity index (χ3n) is 6.70. The van der Waals surface area contributed by atoms with Crippen molar-refractivity contribution in [1.29, 1.82) is 0 Å². The average Bonchev–Trinajstić information content (AvgIpc) is 2.63. The van der Waals surface area contributed by atoms with Crippen molar-refractivity contribution in [2.45, 2.75) is 65.5 Å². The first-order valence-electron chi connectivity index (χ1n) is 11.2. The fraction of sp³-hybridized carbons (Fsp3) is 0.667. The van der Waals surface area contributed by atoms with E-state index in [2.05, 4.69) is 24.3 Å². The van der Waals surface area contributed by atoms with Gasteiger partial charge in [0.15, 0.2) is 11.6 Å². The number of nitrogens with zero attached hydrogens (tertiary/aromatic N) is 2. The van der Waals surface area contributed by atoms with Crippen LogP contribution in [-0.2, 0) is 22.7 Å². The number of piperidine rings is 2. The topological polar surface area (TPSA) is 34.1 Å². The van der Waals surface area contributed by atoms with Crippen molar-refractivity contribution in [3.05, 3.63) is 35.4 Å². The first-order valence-corrected chi connectivity index (χ1v) is 11.2. The van der Waals surface area contributed by atoms with E-state index in [1.54, 1.807) is 13.8 Å². The molecule has 0 unspecified atom stereocenters. The number of hydrogen-bond acceptors (Lipinski definition) is 2. The van der Waals surface area contributed by atoms with E-state index in [1.165, 1.54) is 49.7 Å². The molecule has 2 saturated heterocycles. The molecule has 2 aliphatic heterocycles. The minimum Gasteiger partial charge on any atom is -0.314 e. The second-order valence-electron chi connectivity index (χ2n) is 9.55. The summed E-state index contributed by atoms with van der Waals surface area (Å²) in [5, 5.41) is 0. The van der Waals surface area contributed by atoms with Gasteiger partial charge < -0.3 is 8.97 Å². The molecule has 0 amide bonds. The molecule has 0 radical (unpaired) electrons. The van der Waals surface area contributed by atoms with Crippen molar-refractivity contribution < 1.29 is 18.6 Å². The molecular weight excluding hydrogens is 348 g/mol. The summed E-state index contributed by atoms with van der Waals surface area (Å²) in [4.78, 5) is 23.7. The first-order chi connectivity index (χ1) is 13.4. The van der Waals surface area contributed by atoms with Gasteiger partial charge in [0.1, 0.15) is 26.2 Å². The summed E-state index contributed by atoms with van der Waals surface area (Å²) in [5.74, 6) is 0.610. The highest BCUT2D eigenvalue weighted by Crippen LogP contribution is 2.25. The Balaban J connectivity index is 1.69. The molecule has 0 aromatic heterocycles. The zero-order valence-corrected chi connectivity index (χ0v) is 17.9. The Morgan fingerprint density at radius 2 is 0.964 bits per heavy atom. The normalized spacial score (nSPS) is 21.2. The predicted molar refractivity (Wildman–Crippen MR) is 113 cm³/mol. The van der Waals surface area contributed by atoms with E-state index in [0.717, 1.165) is 48.2 Å². The van der Waals surface area contributed by atoms with Crippen LogP contribution in [0.25, 0.3) is 0 Å². The first kappa shape index (κ1) is 21.2. The molecule has 2 heterocycles. The van der Waals surface area contributed by atoms with E-state index in [0.29, 0.717) is 24.7 Å². The number of carbonyl (C=O) groups excluding carboxylic acids is 2. The number of rotatable bonds is 8. The highest BCUT2D eigenvalue weighted by molar-refractivity contribution is 5.77. The molecule has 154 valence electrons. The SMILES string of the molecule is CC(=O)C[N+]1(Cc2ccc(C[N+]3(CC(C)=O)CCCCC3)cc2)CCCCC1. The lowest BCUT2D eigenvalue weighted by Crippen LogP contribution is -2.53. The standard InChI is InChI=1S/C24H38N2O2/c1-21(27)17-25(13-5-3-6-14-25)19-23-9-11-24(12-10-23)20-26(18-22(2)28)15-7-4-8-16-26/h9-12H,3-8,13-20H2,1-2H3/q+2. The van der Waals surface area contributed by atoms with Crippen molar-refractivity contribution >= 4 is 11.6 Å². The van der Waals surface area contributed by atoms with E-state index >= 15 is 0 Å². The summed E-state index contributed by atoms with van der Waals surface area (Å²) in [6, 6.07) is 9.05. The summed E-state index contributed by atoms with van der Waals surface area (Å²) < 4.78 is 1.86. The Labute approximate surface area is 170 Å². The smallest absolute Gasteiger partial charge is 0.183 e. The van der Waals surface area contributed by atoms with E-state index in [1.807, 2.05) is 0 Å². The lowest BCUT2D eigenvalue weighted by Gasteiger charge is -2.41. The average molecular weight is 387 g/mol. The number of ketones is 2. The van der Waals surface area contributed by atoms with Gasteiger partial charge in [-0.3, -0.25) is 9.59 Å². The van der Waals surface area contributed by atoms with Gasteiger partial charge in [-0.2, -0.15) is 0 Å². The molecule has 0 bridgehead atoms. The molecule has 1 aromatic carbocycles. The van der Waals surface area contributed by atoms with E-state index in [-0.39, 0.29) is 0 Å². The van der Waals surface area contributed by atoms with Crippen molar-refractivity contribution in [3.63, 3.8) is 0 Å². The maximum Gasteiger partial charge on any atom is 0.183 e. The fourth-order valence-corrected chi connectivity index (χ4v) is 5.58. The quantitative estimate of drug-likeness (QED) is 0.636. The second kappa shape index (κ2) is 9.32. The lowest BCUT2D eigenvalue weighted by atomic mass is 10.0. The molecule has 0 N–H and O–H groups in total. The van der Waals surface area contributed by atoms with Crippen LogP contribution >= 0.6 is 0 Å². The number of carbonyl (C=O) groups is 2. The second-order valence-corrected chi connectivity index (χ2v) is 9.55. The zero-order chi connectivity index (χ0) is 20.0. The molecule has 0 spiro atoms. The monoisotopic (exact) mass is 386 g/mol. The number of quaternary nitrogens is 2. The van der Waals surface area contributed by atoms with E-state index in [4.69, 9.17) is 0 Å². The van der Waals surface area contributed by atoms with Crippen molar-refractivity contribution in [1.82, 2.24) is 0 Å². The Morgan fingerprint density at radius 1 is 0.643 bits per heavy atom. The Kier molecular flexibility index (Phi) is 7.05. The molecular formula is C24H38N2O2+2. The van der Waals surface area contributed by atoms with E-state index in [9.17, 15) is 9.59 Å². The van der Waals surface area contributed by atoms with Gasteiger partial charge in [-0.15, -0.1) is 0 Å². The minimum absolute atomic E-state index is 0.305. The van der Waals surface area contributed by atoms with Crippen LogP contribution in [0.3, 0.4) is 0 Å². The van der Waals surface area contributed by atoms with Crippen LogP contribution in [-0.4, -0.2) is 59.8 Å². The molecule has 2 aliphatic rings. The van der Waals surface area contributed by atoms with Crippen LogP contribution in [0.2, 0.25) is 0 Å². The summed E-state index contributed by atoms with van der Waals surface area (Å²) in [7, 11) is 0. The van der Waals surface area contributed by atoms with Crippen molar-refractivity contribution in [3.8, 4) is 0 Å². The third kappa shape index (κ3) is 5.74. The van der Waals surface area contributed by atoms with Gasteiger partial charge in [-0.1, -0.05) is 24.3 Å². The van der Waals surface area contributed by atoms with Gasteiger partial charge in [0.2, 0.25) is 0 Å². The number of likely N-dealkylation sites (tertiary alicyclic amines) is 2. The largest absolute Gasteiger partial charge is 0.314 e. The zero-order valence-electron chi connectivity index (χ0n) is 17.9. The fourth-order valence-electron chi connectivity index (χ4n) is 5.58. The molecule has 1 aromatic rings. The van der Waals surface area contributed by atoms with Crippen LogP contribution in [0.4, 0.5) is 0 Å². The van der Waals surface area contributed by atoms with Gasteiger partial charge in [-0.25, -0.2) is 0 Å². The maximum absolute atomic E-state index is 11.9. The van der Waals surface area contributed by atoms with Crippen LogP contribution < -0.4 is 0 Å². The van der Waals surface area contributed by atoms with Gasteiger partial charge in [0, 0.05) is 25.0 Å². The summed E-state index contributed by atoms with van der Waals surface area (Å²) >= 11 is 0. The van der Waals surface area contributed by atoms with Gasteiger partial charge in [0.25, 0.3) is 0 Å². The Morgan fingerprint density at radius 3 is 1.25 bits per heavy atom. The lowest BCUT2D eigenvalue weighted by molar-refractivity contribution is -0.938. The Hall–Kier alpha value is -1.52. The number of Topliss-reactive ketones (excluding diaryl/α,β-unsaturated/α-hetero) is 2. The molecule has 0 aliphatic carbocycles. The molecule has 0 atom stereocenters. The minimum atomic E-state index is 0.305. The third-order valence-corrected chi connectivity index (χ3v) is 6.70. The van der Waals surface area contributed by atoms with Gasteiger partial charge >= 0.3 is 0 Å². The summed E-state index contributed by atoms with van der Waals surface area (Å²) in [6.45, 7) is 11.2. The maximum atomic E-state index is 11.9. The molecule has 0 saturated carbocycles. The molecule has 28 heavy (non-hydrogen) atoms. The van der Waals surface area contributed by atoms with Crippen LogP contribution in [0.5, 0.6) is 0 Å². The predicted octanol–water partition coefficient (Wildman–Crippen LogP) is 3.87. The number of hydrogen-bond donors (Lipinski definition) is 0. The summed E-state index contributed by atoms with van der Waals surface area (Å²) in [5.41, 5.74) is 2.67. The molecule has 3 rings (SSSR count).